The maximum Gasteiger partial charge on any atom is 1.00 e. The van der Waals surface area contributed by atoms with Crippen molar-refractivity contribution < 1.29 is 72.0 Å². The largest absolute Gasteiger partial charge is 1.00 e. The number of likely N-dealkylation sites (N-methyl/N-ethyl adjacent to an activating group) is 1. The quantitative estimate of drug-likeness (QED) is 0.151. The average molecular weight is 1030 g/mol. The smallest absolute Gasteiger partial charge is 0.793 e. The SMILES string of the molecule is C=O.CC(=O)OOC(C)=O.Cc1cn2cc(-c3cc4ccc(N5CCN(C)[C@@H](C)C5)cc4c(=O)o3)nc2c(C)n1.Cc1cn2cc(-c3cc4ccc(N5CCN[C@@H](C)C5)cc4c(=O)o3)nc2c(C)n1.[B-]OC(C)=O.[Na+]. The van der Waals surface area contributed by atoms with Crippen LogP contribution in [0.4, 0.5) is 11.4 Å². The van der Waals surface area contributed by atoms with Crippen molar-refractivity contribution in [2.45, 2.75) is 74.4 Å². The van der Waals surface area contributed by atoms with Crippen molar-refractivity contribution in [1.82, 2.24) is 39.0 Å². The Morgan fingerprint density at radius 3 is 1.49 bits per heavy atom. The van der Waals surface area contributed by atoms with E-state index in [0.717, 1.165) is 109 Å². The normalized spacial score (nSPS) is 15.2. The molecule has 2 fully saturated rings. The third-order valence-electron chi connectivity index (χ3n) is 11.9. The molecule has 0 amide bonds. The Morgan fingerprint density at radius 1 is 0.653 bits per heavy atom. The average Bonchev–Trinajstić information content (AvgIpc) is 4.01. The Labute approximate surface area is 455 Å². The van der Waals surface area contributed by atoms with Gasteiger partial charge in [0.2, 0.25) is 5.97 Å². The van der Waals surface area contributed by atoms with Crippen molar-refractivity contribution in [2.24, 2.45) is 0 Å². The standard InChI is InChI=1S/C23H25N5O2.C22H23N5O2.C4H6O4.C2H3BO2.CH2O.Na/c1-14-11-28-13-20(25-22(28)16(3)24-14)21-9-17-5-6-18(10-19(17)23(29)30-21)27-8-7-26(4)15(2)12-27;1-13-10-26(7-6-23-13)17-5-4-16-8-20(29-22(28)18(16)9-17)19-12-27-11-14(2)24-15(3)21(27)25-19;1-3(5)7-8-4(2)6;1-2(4)5-3;1-2;/h5-6,9-11,13,15H,7-8,12H2,1-4H3;4-5,8-9,11-13,23H,6-7,10H2,1-3H3;1-2H3;1H3;1H2;/q;;;-1;;+1/t15-;13-;;;;/m00..../s1. The van der Waals surface area contributed by atoms with Crippen LogP contribution in [0.5, 0.6) is 0 Å². The van der Waals surface area contributed by atoms with Gasteiger partial charge < -0.3 is 55.2 Å². The molecular weight excluding hydrogens is 974 g/mol. The number of imidazole rings is 2. The molecule has 2 aliphatic rings. The van der Waals surface area contributed by atoms with Crippen LogP contribution >= 0.6 is 0 Å². The van der Waals surface area contributed by atoms with E-state index in [4.69, 9.17) is 13.6 Å². The van der Waals surface area contributed by atoms with Gasteiger partial charge in [-0.15, -0.1) is 0 Å². The van der Waals surface area contributed by atoms with Crippen LogP contribution in [0.3, 0.4) is 0 Å². The molecule has 3 radical (unpaired) electrons. The summed E-state index contributed by atoms with van der Waals surface area (Å²) in [5.74, 6) is -0.813. The fourth-order valence-electron chi connectivity index (χ4n) is 8.40. The summed E-state index contributed by atoms with van der Waals surface area (Å²) in [4.78, 5) is 95.5. The van der Waals surface area contributed by atoms with Crippen LogP contribution < -0.4 is 55.9 Å². The molecular formula is C52H59BN10NaO11. The number of nitrogens with one attached hydrogen (secondary N) is 1. The zero-order valence-electron chi connectivity index (χ0n) is 44.1. The molecule has 6 aromatic heterocycles. The van der Waals surface area contributed by atoms with E-state index in [1.165, 1.54) is 6.92 Å². The topological polar surface area (TPSA) is 239 Å². The van der Waals surface area contributed by atoms with Gasteiger partial charge in [-0.25, -0.2) is 38.9 Å². The van der Waals surface area contributed by atoms with Gasteiger partial charge in [-0.1, -0.05) is 12.1 Å². The molecule has 2 aromatic carbocycles. The van der Waals surface area contributed by atoms with E-state index in [2.05, 4.69) is 95.5 Å². The molecule has 8 heterocycles. The summed E-state index contributed by atoms with van der Waals surface area (Å²) in [5.41, 5.74) is 7.71. The first-order valence-electron chi connectivity index (χ1n) is 23.5. The van der Waals surface area contributed by atoms with Crippen molar-refractivity contribution in [3.63, 3.8) is 0 Å². The molecule has 0 aliphatic carbocycles. The Morgan fingerprint density at radius 2 is 1.09 bits per heavy atom. The number of piperazine rings is 2. The van der Waals surface area contributed by atoms with Crippen molar-refractivity contribution in [3.8, 4) is 22.9 Å². The summed E-state index contributed by atoms with van der Waals surface area (Å²) in [6.45, 7) is 23.3. The van der Waals surface area contributed by atoms with Gasteiger partial charge in [0.05, 0.1) is 33.5 Å². The zero-order valence-corrected chi connectivity index (χ0v) is 46.1. The van der Waals surface area contributed by atoms with Gasteiger partial charge in [-0.3, -0.25) is 14.8 Å². The van der Waals surface area contributed by atoms with Crippen LogP contribution in [0.25, 0.3) is 55.7 Å². The van der Waals surface area contributed by atoms with Gasteiger partial charge in [-0.2, -0.15) is 0 Å². The predicted octanol–water partition coefficient (Wildman–Crippen LogP) is 2.66. The number of carbonyl (C=O) groups is 4. The number of nitrogens with zero attached hydrogens (tertiary/aromatic N) is 9. The maximum absolute atomic E-state index is 12.8. The monoisotopic (exact) mass is 1030 g/mol. The second kappa shape index (κ2) is 26.3. The molecule has 21 nitrogen and oxygen atoms in total. The first-order chi connectivity index (χ1) is 35.3. The Hall–Kier alpha value is -7.24. The van der Waals surface area contributed by atoms with Crippen molar-refractivity contribution in [2.75, 3.05) is 56.1 Å². The minimum Gasteiger partial charge on any atom is -0.793 e. The molecule has 0 saturated carbocycles. The Balaban J connectivity index is 0.000000217. The number of aryl methyl sites for hydroxylation is 4. The predicted molar refractivity (Wildman–Crippen MR) is 280 cm³/mol. The summed E-state index contributed by atoms with van der Waals surface area (Å²) in [7, 11) is 6.47. The first kappa shape index (κ1) is 58.7. The molecule has 2 aliphatic heterocycles. The molecule has 23 heteroatoms. The van der Waals surface area contributed by atoms with Crippen LogP contribution in [0.2, 0.25) is 0 Å². The number of hydrogen-bond donors (Lipinski definition) is 1. The third-order valence-corrected chi connectivity index (χ3v) is 11.9. The Bertz CT molecular complexity index is 3440. The molecule has 387 valence electrons. The molecule has 0 unspecified atom stereocenters. The van der Waals surface area contributed by atoms with E-state index in [0.29, 0.717) is 45.8 Å². The van der Waals surface area contributed by atoms with Gasteiger partial charge in [0, 0.05) is 108 Å². The van der Waals surface area contributed by atoms with E-state index in [-0.39, 0.29) is 40.8 Å². The number of anilines is 2. The van der Waals surface area contributed by atoms with Gasteiger partial charge >= 0.3 is 52.7 Å². The molecule has 10 rings (SSSR count). The summed E-state index contributed by atoms with van der Waals surface area (Å²) in [6, 6.07) is 16.7. The van der Waals surface area contributed by atoms with Crippen molar-refractivity contribution >= 4 is 77.0 Å². The van der Waals surface area contributed by atoms with Crippen LogP contribution in [0, 0.1) is 27.7 Å². The molecule has 0 bridgehead atoms. The van der Waals surface area contributed by atoms with Crippen molar-refractivity contribution in [3.05, 3.63) is 117 Å². The Kier molecular flexibility index (Phi) is 20.6. The van der Waals surface area contributed by atoms with E-state index >= 15 is 0 Å². The molecule has 8 aromatic rings. The molecule has 75 heavy (non-hydrogen) atoms. The van der Waals surface area contributed by atoms with Crippen molar-refractivity contribution in [1.29, 1.82) is 0 Å². The fourth-order valence-corrected chi connectivity index (χ4v) is 8.40. The summed E-state index contributed by atoms with van der Waals surface area (Å²) < 4.78 is 18.8. The third kappa shape index (κ3) is 15.0. The van der Waals surface area contributed by atoms with Crippen LogP contribution in [0.1, 0.15) is 57.4 Å². The van der Waals surface area contributed by atoms with Crippen LogP contribution in [-0.4, -0.2) is 125 Å². The second-order valence-electron chi connectivity index (χ2n) is 17.8. The zero-order chi connectivity index (χ0) is 54.0. The van der Waals surface area contributed by atoms with Gasteiger partial charge in [0.15, 0.2) is 22.8 Å². The summed E-state index contributed by atoms with van der Waals surface area (Å²) in [5, 5.41) is 6.34. The number of carbonyl (C=O) groups excluding carboxylic acids is 4. The van der Waals surface area contributed by atoms with Gasteiger partial charge in [0.25, 0.3) is 0 Å². The first-order valence-corrected chi connectivity index (χ1v) is 23.5. The number of aromatic nitrogens is 6. The van der Waals surface area contributed by atoms with E-state index < -0.39 is 17.9 Å². The maximum atomic E-state index is 12.8. The molecule has 2 saturated heterocycles. The van der Waals surface area contributed by atoms with Crippen LogP contribution in [-0.2, 0) is 33.6 Å². The molecule has 1 N–H and O–H groups in total. The second-order valence-corrected chi connectivity index (χ2v) is 17.8. The molecule has 2 atom stereocenters. The fraction of sp³-hybridized carbons (Fsp3) is 0.346. The van der Waals surface area contributed by atoms with E-state index in [1.54, 1.807) is 0 Å². The number of fused-ring (bicyclic) bond motifs is 4. The molecule has 0 spiro atoms. The number of rotatable bonds is 4. The van der Waals surface area contributed by atoms with Crippen LogP contribution in [0.15, 0.2) is 91.7 Å². The van der Waals surface area contributed by atoms with Gasteiger partial charge in [-0.05, 0) is 95.8 Å². The number of benzene rings is 2. The van der Waals surface area contributed by atoms with E-state index in [1.807, 2.05) is 104 Å². The summed E-state index contributed by atoms with van der Waals surface area (Å²) in [6.07, 6.45) is 7.58. The minimum absolute atomic E-state index is 0. The summed E-state index contributed by atoms with van der Waals surface area (Å²) >= 11 is 0. The van der Waals surface area contributed by atoms with E-state index in [9.17, 15) is 24.0 Å². The minimum atomic E-state index is -0.639. The number of hydrogen-bond acceptors (Lipinski definition) is 19. The van der Waals surface area contributed by atoms with Gasteiger partial charge in [0.1, 0.15) is 18.2 Å².